The molecule has 2 heterocycles. The van der Waals surface area contributed by atoms with Gasteiger partial charge in [-0.15, -0.1) is 0 Å². The molecular weight excluding hydrogens is 328 g/mol. The fraction of sp³-hybridized carbons (Fsp3) is 0.750. The highest BCUT2D eigenvalue weighted by Gasteiger charge is 2.22. The third-order valence-electron chi connectivity index (χ3n) is 4.75. The van der Waals surface area contributed by atoms with E-state index in [9.17, 15) is 13.2 Å². The number of hydrogen-bond acceptors (Lipinski definition) is 5. The zero-order valence-electron chi connectivity index (χ0n) is 15.1. The molecule has 136 valence electrons. The quantitative estimate of drug-likeness (QED) is 0.726. The first-order chi connectivity index (χ1) is 11.2. The molecule has 1 saturated heterocycles. The standard InChI is InChI=1S/C16H28N4O3S/c1-13-15(14(2)18(3)17-13)5-6-16(21)20-9-7-19(8-10-20)11-12-24(4,22)23/h5-12H2,1-4H3. The lowest BCUT2D eigenvalue weighted by molar-refractivity contribution is -0.132. The van der Waals surface area contributed by atoms with Crippen molar-refractivity contribution in [3.05, 3.63) is 17.0 Å². The van der Waals surface area contributed by atoms with E-state index in [1.807, 2.05) is 30.5 Å². The van der Waals surface area contributed by atoms with E-state index < -0.39 is 9.84 Å². The van der Waals surface area contributed by atoms with Gasteiger partial charge >= 0.3 is 0 Å². The van der Waals surface area contributed by atoms with Crippen LogP contribution in [0.1, 0.15) is 23.4 Å². The van der Waals surface area contributed by atoms with Gasteiger partial charge in [0.05, 0.1) is 11.4 Å². The lowest BCUT2D eigenvalue weighted by Crippen LogP contribution is -2.49. The number of aromatic nitrogens is 2. The Bertz CT molecular complexity index is 688. The van der Waals surface area contributed by atoms with Crippen molar-refractivity contribution in [2.24, 2.45) is 7.05 Å². The van der Waals surface area contributed by atoms with Crippen molar-refractivity contribution in [2.75, 3.05) is 44.7 Å². The molecule has 0 atom stereocenters. The Morgan fingerprint density at radius 3 is 2.29 bits per heavy atom. The Balaban J connectivity index is 1.78. The van der Waals surface area contributed by atoms with Crippen LogP contribution in [0.15, 0.2) is 0 Å². The van der Waals surface area contributed by atoms with Gasteiger partial charge in [0, 0.05) is 58.1 Å². The minimum atomic E-state index is -2.93. The first-order valence-corrected chi connectivity index (χ1v) is 10.4. The van der Waals surface area contributed by atoms with Crippen LogP contribution in [-0.2, 0) is 28.1 Å². The third-order valence-corrected chi connectivity index (χ3v) is 5.68. The molecule has 24 heavy (non-hydrogen) atoms. The van der Waals surface area contributed by atoms with Crippen LogP contribution in [0, 0.1) is 13.8 Å². The molecule has 1 fully saturated rings. The lowest BCUT2D eigenvalue weighted by Gasteiger charge is -2.34. The summed E-state index contributed by atoms with van der Waals surface area (Å²) in [5.74, 6) is 0.348. The molecule has 0 saturated carbocycles. The number of sulfone groups is 1. The van der Waals surface area contributed by atoms with Gasteiger partial charge in [0.25, 0.3) is 0 Å². The van der Waals surface area contributed by atoms with Crippen LogP contribution in [-0.4, -0.2) is 78.6 Å². The van der Waals surface area contributed by atoms with Gasteiger partial charge in [0.2, 0.25) is 5.91 Å². The second-order valence-electron chi connectivity index (χ2n) is 6.63. The molecule has 1 aromatic heterocycles. The average Bonchev–Trinajstić information content (AvgIpc) is 2.75. The van der Waals surface area contributed by atoms with Crippen LogP contribution in [0.5, 0.6) is 0 Å². The Labute approximate surface area is 144 Å². The number of nitrogens with zero attached hydrogens (tertiary/aromatic N) is 4. The highest BCUT2D eigenvalue weighted by Crippen LogP contribution is 2.15. The molecule has 0 bridgehead atoms. The molecule has 0 radical (unpaired) electrons. The van der Waals surface area contributed by atoms with Crippen molar-refractivity contribution in [3.8, 4) is 0 Å². The van der Waals surface area contributed by atoms with Crippen LogP contribution in [0.25, 0.3) is 0 Å². The minimum Gasteiger partial charge on any atom is -0.340 e. The molecular formula is C16H28N4O3S. The molecule has 2 rings (SSSR count). The molecule has 1 aromatic rings. The first kappa shape index (κ1) is 18.9. The maximum absolute atomic E-state index is 12.4. The number of rotatable bonds is 6. The van der Waals surface area contributed by atoms with Gasteiger partial charge in [-0.25, -0.2) is 8.42 Å². The van der Waals surface area contributed by atoms with E-state index in [4.69, 9.17) is 0 Å². The topological polar surface area (TPSA) is 75.5 Å². The summed E-state index contributed by atoms with van der Waals surface area (Å²) in [4.78, 5) is 16.4. The predicted octanol–water partition coefficient (Wildman–Crippen LogP) is 0.158. The number of amides is 1. The Hall–Kier alpha value is -1.41. The summed E-state index contributed by atoms with van der Waals surface area (Å²) >= 11 is 0. The SMILES string of the molecule is Cc1nn(C)c(C)c1CCC(=O)N1CCN(CCS(C)(=O)=O)CC1. The van der Waals surface area contributed by atoms with Gasteiger partial charge in [-0.3, -0.25) is 14.4 Å². The van der Waals surface area contributed by atoms with Gasteiger partial charge in [0.1, 0.15) is 9.84 Å². The van der Waals surface area contributed by atoms with Gasteiger partial charge < -0.3 is 4.90 Å². The average molecular weight is 356 g/mol. The summed E-state index contributed by atoms with van der Waals surface area (Å²) < 4.78 is 24.3. The van der Waals surface area contributed by atoms with Crippen LogP contribution < -0.4 is 0 Å². The number of aryl methyl sites for hydroxylation is 2. The highest BCUT2D eigenvalue weighted by atomic mass is 32.2. The Morgan fingerprint density at radius 2 is 1.79 bits per heavy atom. The third kappa shape index (κ3) is 5.04. The lowest BCUT2D eigenvalue weighted by atomic mass is 10.1. The van der Waals surface area contributed by atoms with E-state index in [2.05, 4.69) is 10.00 Å². The first-order valence-electron chi connectivity index (χ1n) is 8.34. The number of piperazine rings is 1. The summed E-state index contributed by atoms with van der Waals surface area (Å²) in [6, 6.07) is 0. The van der Waals surface area contributed by atoms with Crippen molar-refractivity contribution < 1.29 is 13.2 Å². The van der Waals surface area contributed by atoms with Crippen molar-refractivity contribution >= 4 is 15.7 Å². The minimum absolute atomic E-state index is 0.167. The van der Waals surface area contributed by atoms with Crippen molar-refractivity contribution in [3.63, 3.8) is 0 Å². The molecule has 0 aliphatic carbocycles. The summed E-state index contributed by atoms with van der Waals surface area (Å²) in [5.41, 5.74) is 3.27. The number of hydrogen-bond donors (Lipinski definition) is 0. The van der Waals surface area contributed by atoms with E-state index in [1.165, 1.54) is 6.26 Å². The van der Waals surface area contributed by atoms with Crippen LogP contribution in [0.3, 0.4) is 0 Å². The second kappa shape index (κ2) is 7.65. The monoisotopic (exact) mass is 356 g/mol. The molecule has 0 N–H and O–H groups in total. The van der Waals surface area contributed by atoms with Gasteiger partial charge in [-0.2, -0.15) is 5.10 Å². The molecule has 0 aromatic carbocycles. The van der Waals surface area contributed by atoms with Crippen molar-refractivity contribution in [2.45, 2.75) is 26.7 Å². The van der Waals surface area contributed by atoms with E-state index in [1.54, 1.807) is 0 Å². The molecule has 7 nitrogen and oxygen atoms in total. The van der Waals surface area contributed by atoms with Crippen LogP contribution >= 0.6 is 0 Å². The maximum Gasteiger partial charge on any atom is 0.222 e. The molecule has 1 aliphatic rings. The van der Waals surface area contributed by atoms with E-state index in [-0.39, 0.29) is 11.7 Å². The second-order valence-corrected chi connectivity index (χ2v) is 8.89. The number of carbonyl (C=O) groups excluding carboxylic acids is 1. The summed E-state index contributed by atoms with van der Waals surface area (Å²) in [6.45, 7) is 7.39. The predicted molar refractivity (Wildman–Crippen MR) is 93.7 cm³/mol. The van der Waals surface area contributed by atoms with Gasteiger partial charge in [0.15, 0.2) is 0 Å². The fourth-order valence-electron chi connectivity index (χ4n) is 3.09. The normalized spacial score (nSPS) is 16.6. The van der Waals surface area contributed by atoms with Crippen molar-refractivity contribution in [1.29, 1.82) is 0 Å². The van der Waals surface area contributed by atoms with Crippen molar-refractivity contribution in [1.82, 2.24) is 19.6 Å². The van der Waals surface area contributed by atoms with E-state index in [0.717, 1.165) is 36.5 Å². The fourth-order valence-corrected chi connectivity index (χ4v) is 3.67. The zero-order valence-corrected chi connectivity index (χ0v) is 15.9. The molecule has 0 spiro atoms. The Morgan fingerprint density at radius 1 is 1.17 bits per heavy atom. The largest absolute Gasteiger partial charge is 0.340 e. The molecule has 0 unspecified atom stereocenters. The van der Waals surface area contributed by atoms with E-state index >= 15 is 0 Å². The molecule has 1 aliphatic heterocycles. The zero-order chi connectivity index (χ0) is 17.9. The van der Waals surface area contributed by atoms with Gasteiger partial charge in [-0.05, 0) is 25.8 Å². The van der Waals surface area contributed by atoms with Crippen LogP contribution in [0.4, 0.5) is 0 Å². The Kier molecular flexibility index (Phi) is 6.03. The number of carbonyl (C=O) groups is 1. The molecule has 1 amide bonds. The smallest absolute Gasteiger partial charge is 0.222 e. The summed E-state index contributed by atoms with van der Waals surface area (Å²) in [7, 11) is -1.01. The van der Waals surface area contributed by atoms with Gasteiger partial charge in [-0.1, -0.05) is 0 Å². The maximum atomic E-state index is 12.4. The molecule has 8 heteroatoms. The van der Waals surface area contributed by atoms with Crippen LogP contribution in [0.2, 0.25) is 0 Å². The van der Waals surface area contributed by atoms with E-state index in [0.29, 0.717) is 26.1 Å². The summed E-state index contributed by atoms with van der Waals surface area (Å²) in [5, 5.41) is 4.39. The summed E-state index contributed by atoms with van der Waals surface area (Å²) in [6.07, 6.45) is 2.48. The highest BCUT2D eigenvalue weighted by molar-refractivity contribution is 7.90.